The quantitative estimate of drug-likeness (QED) is 0.107. The molecule has 6 rings (SSSR count). The summed E-state index contributed by atoms with van der Waals surface area (Å²) in [4.78, 5) is 52.0. The second-order valence-corrected chi connectivity index (χ2v) is 22.3. The maximum absolute atomic E-state index is 13.4. The molecule has 4 amide bonds. The highest BCUT2D eigenvalue weighted by molar-refractivity contribution is 5.74. The second kappa shape index (κ2) is 27.5. The number of ether oxygens (including phenoxy) is 10. The van der Waals surface area contributed by atoms with Gasteiger partial charge >= 0.3 is 0 Å². The first-order chi connectivity index (χ1) is 35.7. The Hall–Kier alpha value is -3.30. The van der Waals surface area contributed by atoms with Crippen LogP contribution in [0.25, 0.3) is 0 Å². The topological polar surface area (TPSA) is 209 Å². The predicted octanol–water partition coefficient (Wildman–Crippen LogP) is 6.68. The van der Waals surface area contributed by atoms with Crippen molar-refractivity contribution in [3.8, 4) is 0 Å². The molecule has 1 aromatic carbocycles. The van der Waals surface area contributed by atoms with E-state index >= 15 is 0 Å². The Kier molecular flexibility index (Phi) is 22.4. The van der Waals surface area contributed by atoms with Crippen LogP contribution in [0.15, 0.2) is 30.3 Å². The van der Waals surface area contributed by atoms with Crippen LogP contribution < -0.4 is 21.3 Å². The molecule has 5 aliphatic heterocycles. The first kappa shape index (κ1) is 60.9. The SMILES string of the molecule is CCC1O[C@@H](O[C@@H]2C(CC)O[C@@H](O[C@@H]3C(CC)O[C@@H](O[C@@H]4C(CC)O[C@@H](C)C(NC(C)=O)[C@H]4C)C(NC(C)=O)C3C)C(NC(C)=O)[C@@H]2OCc2ccccc2)C(NC(C)=O)C(C)[C@@H]1O[C@@H]1OC(CC)[C@@H](C)[C@H](C)C1C. The molecule has 5 heterocycles. The van der Waals surface area contributed by atoms with Crippen LogP contribution >= 0.6 is 0 Å². The van der Waals surface area contributed by atoms with Crippen molar-refractivity contribution in [3.63, 3.8) is 0 Å². The van der Waals surface area contributed by atoms with Gasteiger partial charge in [-0.05, 0) is 56.4 Å². The molecule has 4 N–H and O–H groups in total. The van der Waals surface area contributed by atoms with Crippen molar-refractivity contribution in [2.75, 3.05) is 0 Å². The average molecular weight is 1060 g/mol. The van der Waals surface area contributed by atoms with E-state index in [0.717, 1.165) is 12.0 Å². The van der Waals surface area contributed by atoms with Gasteiger partial charge in [-0.25, -0.2) is 0 Å². The highest BCUT2D eigenvalue weighted by Gasteiger charge is 2.56. The summed E-state index contributed by atoms with van der Waals surface area (Å²) in [5.41, 5.74) is 0.901. The Bertz CT molecular complexity index is 1980. The molecule has 25 atom stereocenters. The molecule has 0 aromatic heterocycles. The minimum absolute atomic E-state index is 0.0546. The lowest BCUT2D eigenvalue weighted by molar-refractivity contribution is -0.358. The van der Waals surface area contributed by atoms with Crippen molar-refractivity contribution in [2.45, 2.75) is 266 Å². The molecule has 0 aliphatic carbocycles. The van der Waals surface area contributed by atoms with Crippen LogP contribution in [-0.2, 0) is 73.2 Å². The molecule has 12 unspecified atom stereocenters. The smallest absolute Gasteiger partial charge is 0.217 e. The maximum Gasteiger partial charge on any atom is 0.217 e. The average Bonchev–Trinajstić information content (AvgIpc) is 3.37. The Morgan fingerprint density at radius 3 is 1.21 bits per heavy atom. The summed E-state index contributed by atoms with van der Waals surface area (Å²) < 4.78 is 69.1. The van der Waals surface area contributed by atoms with Crippen LogP contribution in [0.4, 0.5) is 0 Å². The van der Waals surface area contributed by atoms with E-state index in [1.165, 1.54) is 27.7 Å². The summed E-state index contributed by atoms with van der Waals surface area (Å²) in [6.45, 7) is 31.0. The fraction of sp³-hybridized carbons (Fsp3) is 0.825. The monoisotopic (exact) mass is 1060 g/mol. The molecule has 0 spiro atoms. The van der Waals surface area contributed by atoms with Crippen LogP contribution in [0.3, 0.4) is 0 Å². The van der Waals surface area contributed by atoms with Gasteiger partial charge in [-0.15, -0.1) is 0 Å². The van der Waals surface area contributed by atoms with Gasteiger partial charge in [-0.3, -0.25) is 19.2 Å². The van der Waals surface area contributed by atoms with E-state index < -0.39 is 98.0 Å². The minimum atomic E-state index is -1.09. The van der Waals surface area contributed by atoms with Crippen molar-refractivity contribution in [3.05, 3.63) is 35.9 Å². The Labute approximate surface area is 447 Å². The van der Waals surface area contributed by atoms with Gasteiger partial charge in [0.2, 0.25) is 23.6 Å². The van der Waals surface area contributed by atoms with Crippen LogP contribution in [-0.4, -0.2) is 140 Å². The number of benzene rings is 1. The highest BCUT2D eigenvalue weighted by Crippen LogP contribution is 2.43. The lowest BCUT2D eigenvalue weighted by Gasteiger charge is -2.53. The number of nitrogens with one attached hydrogen (secondary N) is 4. The molecule has 0 saturated carbocycles. The molecule has 426 valence electrons. The lowest BCUT2D eigenvalue weighted by Crippen LogP contribution is -2.69. The molecule has 5 aliphatic rings. The summed E-state index contributed by atoms with van der Waals surface area (Å²) >= 11 is 0. The number of amides is 4. The minimum Gasteiger partial charge on any atom is -0.370 e. The van der Waals surface area contributed by atoms with E-state index in [-0.39, 0.29) is 72.3 Å². The standard InChI is InChI=1S/C57H94N4O14/c1-17-40-29(7)28(6)30(8)54(68-40)72-50-32(10)47(60-37(15)64)56(70-42(50)19-3)75-52-44(21-5)71-57(48(61-38(16)65)53(52)66-27-39-25-23-22-24-26-39)74-51-33(11)46(59-36(14)63)55(69-43(51)20-4)73-49-31(9)45(58-35(13)62)34(12)67-41(49)18-2/h22-26,28-34,40-57H,17-21,27H2,1-16H3,(H,58,62)(H,59,63)(H,60,64)(H,61,65)/t28-,29-,30?,31+,32?,33?,34-,40?,41?,42?,43?,44?,45?,46?,47?,48?,49-,50-,51-,52+,53-,54-,55-,56-,57-/m0/s1. The zero-order chi connectivity index (χ0) is 55.0. The van der Waals surface area contributed by atoms with Gasteiger partial charge in [0.1, 0.15) is 18.2 Å². The van der Waals surface area contributed by atoms with E-state index in [9.17, 15) is 19.2 Å². The number of hydrogen-bond donors (Lipinski definition) is 4. The normalized spacial score (nSPS) is 42.3. The second-order valence-electron chi connectivity index (χ2n) is 22.3. The number of hydrogen-bond acceptors (Lipinski definition) is 14. The molecule has 5 fully saturated rings. The van der Waals surface area contributed by atoms with E-state index in [0.29, 0.717) is 37.5 Å². The van der Waals surface area contributed by atoms with Gasteiger partial charge in [0.15, 0.2) is 25.2 Å². The summed E-state index contributed by atoms with van der Waals surface area (Å²) in [6, 6.07) is 7.16. The van der Waals surface area contributed by atoms with Crippen molar-refractivity contribution in [1.82, 2.24) is 21.3 Å². The van der Waals surface area contributed by atoms with Gasteiger partial charge in [-0.1, -0.05) is 106 Å². The Morgan fingerprint density at radius 2 is 0.760 bits per heavy atom. The molecule has 18 heteroatoms. The van der Waals surface area contributed by atoms with Crippen molar-refractivity contribution in [1.29, 1.82) is 0 Å². The van der Waals surface area contributed by atoms with Crippen LogP contribution in [0.5, 0.6) is 0 Å². The molecule has 0 radical (unpaired) electrons. The molecule has 1 aromatic rings. The molecular weight excluding hydrogens is 965 g/mol. The molecule has 5 saturated heterocycles. The van der Waals surface area contributed by atoms with Gasteiger partial charge in [0.05, 0.1) is 79.7 Å². The van der Waals surface area contributed by atoms with E-state index in [1.807, 2.05) is 71.9 Å². The first-order valence-electron chi connectivity index (χ1n) is 28.3. The van der Waals surface area contributed by atoms with E-state index in [4.69, 9.17) is 47.4 Å². The largest absolute Gasteiger partial charge is 0.370 e. The first-order valence-corrected chi connectivity index (χ1v) is 28.3. The van der Waals surface area contributed by atoms with Crippen molar-refractivity contribution >= 4 is 23.6 Å². The number of carbonyl (C=O) groups excluding carboxylic acids is 4. The third-order valence-electron chi connectivity index (χ3n) is 17.0. The fourth-order valence-corrected chi connectivity index (χ4v) is 12.5. The van der Waals surface area contributed by atoms with Gasteiger partial charge < -0.3 is 68.6 Å². The highest BCUT2D eigenvalue weighted by atomic mass is 16.8. The maximum atomic E-state index is 13.4. The van der Waals surface area contributed by atoms with Crippen LogP contribution in [0.1, 0.15) is 148 Å². The van der Waals surface area contributed by atoms with Gasteiger partial charge in [0, 0.05) is 51.4 Å². The predicted molar refractivity (Wildman–Crippen MR) is 280 cm³/mol. The third kappa shape index (κ3) is 14.5. The molecule has 75 heavy (non-hydrogen) atoms. The molecule has 18 nitrogen and oxygen atoms in total. The molecule has 0 bridgehead atoms. The zero-order valence-electron chi connectivity index (χ0n) is 47.8. The summed E-state index contributed by atoms with van der Waals surface area (Å²) in [6.07, 6.45) is -5.85. The summed E-state index contributed by atoms with van der Waals surface area (Å²) in [7, 11) is 0. The van der Waals surface area contributed by atoms with E-state index in [2.05, 4.69) is 62.8 Å². The van der Waals surface area contributed by atoms with Crippen molar-refractivity contribution < 1.29 is 66.5 Å². The Balaban J connectivity index is 1.32. The van der Waals surface area contributed by atoms with Crippen molar-refractivity contribution in [2.24, 2.45) is 35.5 Å². The number of rotatable bonds is 20. The summed E-state index contributed by atoms with van der Waals surface area (Å²) in [5, 5.41) is 12.5. The Morgan fingerprint density at radius 1 is 0.400 bits per heavy atom. The fourth-order valence-electron chi connectivity index (χ4n) is 12.5. The molecular formula is C57H94N4O14. The lowest BCUT2D eigenvalue weighted by atomic mass is 9.78. The van der Waals surface area contributed by atoms with Crippen LogP contribution in [0.2, 0.25) is 0 Å². The van der Waals surface area contributed by atoms with Gasteiger partial charge in [0.25, 0.3) is 0 Å². The third-order valence-corrected chi connectivity index (χ3v) is 17.0. The zero-order valence-corrected chi connectivity index (χ0v) is 47.8. The van der Waals surface area contributed by atoms with Crippen LogP contribution in [0, 0.1) is 35.5 Å². The van der Waals surface area contributed by atoms with E-state index in [1.54, 1.807) is 0 Å². The van der Waals surface area contributed by atoms with Gasteiger partial charge in [-0.2, -0.15) is 0 Å². The summed E-state index contributed by atoms with van der Waals surface area (Å²) in [5.74, 6) is -1.03. The number of carbonyl (C=O) groups is 4.